The molecule has 1 aliphatic carbocycles. The third-order valence-electron chi connectivity index (χ3n) is 10.3. The molecule has 9 nitrogen and oxygen atoms in total. The molecule has 2 aromatic rings. The van der Waals surface area contributed by atoms with Gasteiger partial charge in [0, 0.05) is 24.3 Å². The summed E-state index contributed by atoms with van der Waals surface area (Å²) in [5, 5.41) is 31.9. The summed E-state index contributed by atoms with van der Waals surface area (Å²) >= 11 is 1.55. The van der Waals surface area contributed by atoms with E-state index in [1.165, 1.54) is 29.5 Å². The van der Waals surface area contributed by atoms with E-state index in [0.29, 0.717) is 35.4 Å². The highest BCUT2D eigenvalue weighted by Crippen LogP contribution is 2.42. The van der Waals surface area contributed by atoms with Crippen LogP contribution in [0.2, 0.25) is 0 Å². The van der Waals surface area contributed by atoms with Crippen molar-refractivity contribution in [2.24, 2.45) is 26.4 Å². The van der Waals surface area contributed by atoms with E-state index < -0.39 is 10.6 Å². The van der Waals surface area contributed by atoms with E-state index in [-0.39, 0.29) is 5.91 Å². The number of nitrogens with zero attached hydrogens (tertiary/aromatic N) is 3. The van der Waals surface area contributed by atoms with Gasteiger partial charge in [-0.2, -0.15) is 5.10 Å². The number of piperidine rings is 2. The molecular formula is C36H56N8OS2. The van der Waals surface area contributed by atoms with Crippen LogP contribution in [-0.4, -0.2) is 72.9 Å². The minimum absolute atomic E-state index is 0.0867. The fraction of sp³-hybridized carbons (Fsp3) is 0.583. The summed E-state index contributed by atoms with van der Waals surface area (Å²) < 4.78 is 2.28. The predicted octanol–water partition coefficient (Wildman–Crippen LogP) is 5.18. The normalized spacial score (nSPS) is 22.3. The fourth-order valence-corrected chi connectivity index (χ4v) is 9.92. The average Bonchev–Trinajstić information content (AvgIpc) is 3.11. The summed E-state index contributed by atoms with van der Waals surface area (Å²) in [5.41, 5.74) is 5.12. The lowest BCUT2D eigenvalue weighted by atomic mass is 9.87. The van der Waals surface area contributed by atoms with Crippen molar-refractivity contribution in [1.29, 1.82) is 0 Å². The van der Waals surface area contributed by atoms with Crippen molar-refractivity contribution in [2.75, 3.05) is 44.7 Å². The van der Waals surface area contributed by atoms with Gasteiger partial charge in [-0.3, -0.25) is 15.1 Å². The SMILES string of the molecule is C=N/N=C(/NC(=O)Cc1ccc(C2CCNCC2)cc1)SCC1CCC[C@H](N(C)S(N)(N)CCc2ccc(C3CCNCC3)cc2)C1. The molecule has 11 heteroatoms. The molecule has 258 valence electrons. The van der Waals surface area contributed by atoms with Gasteiger partial charge in [-0.15, -0.1) is 5.10 Å². The Morgan fingerprint density at radius 1 is 0.915 bits per heavy atom. The van der Waals surface area contributed by atoms with Crippen molar-refractivity contribution in [3.8, 4) is 0 Å². The van der Waals surface area contributed by atoms with Crippen molar-refractivity contribution in [3.63, 3.8) is 0 Å². The molecule has 5 rings (SSSR count). The van der Waals surface area contributed by atoms with Crippen molar-refractivity contribution in [3.05, 3.63) is 70.8 Å². The van der Waals surface area contributed by atoms with Gasteiger partial charge in [-0.1, -0.05) is 77.3 Å². The molecule has 1 amide bonds. The van der Waals surface area contributed by atoms with Crippen LogP contribution in [0.1, 0.15) is 85.5 Å². The van der Waals surface area contributed by atoms with Gasteiger partial charge < -0.3 is 16.0 Å². The predicted molar refractivity (Wildman–Crippen MR) is 202 cm³/mol. The first kappa shape index (κ1) is 36.0. The van der Waals surface area contributed by atoms with Gasteiger partial charge >= 0.3 is 0 Å². The smallest absolute Gasteiger partial charge is 0.230 e. The first-order valence-corrected chi connectivity index (χ1v) is 20.3. The first-order valence-electron chi connectivity index (χ1n) is 17.5. The van der Waals surface area contributed by atoms with Gasteiger partial charge in [0.05, 0.1) is 6.42 Å². The Hall–Kier alpha value is -2.25. The molecule has 3 fully saturated rings. The monoisotopic (exact) mass is 680 g/mol. The molecule has 2 aromatic carbocycles. The van der Waals surface area contributed by atoms with E-state index in [1.807, 2.05) is 0 Å². The average molecular weight is 681 g/mol. The molecule has 0 aromatic heterocycles. The Labute approximate surface area is 288 Å². The highest BCUT2D eigenvalue weighted by molar-refractivity contribution is 8.28. The second-order valence-corrected chi connectivity index (χ2v) is 17.2. The number of amidine groups is 1. The summed E-state index contributed by atoms with van der Waals surface area (Å²) in [6.45, 7) is 7.88. The van der Waals surface area contributed by atoms with Crippen LogP contribution in [-0.2, 0) is 17.6 Å². The van der Waals surface area contributed by atoms with Gasteiger partial charge in [-0.25, -0.2) is 4.31 Å². The minimum Gasteiger partial charge on any atom is -0.317 e. The maximum atomic E-state index is 12.9. The van der Waals surface area contributed by atoms with Crippen molar-refractivity contribution in [2.45, 2.75) is 82.1 Å². The number of nitrogens with one attached hydrogen (secondary N) is 3. The number of hydrogen-bond acceptors (Lipinski definition) is 9. The van der Waals surface area contributed by atoms with E-state index in [9.17, 15) is 4.79 Å². The van der Waals surface area contributed by atoms with E-state index in [2.05, 4.69) is 92.8 Å². The van der Waals surface area contributed by atoms with Crippen LogP contribution in [0.5, 0.6) is 0 Å². The lowest BCUT2D eigenvalue weighted by Crippen LogP contribution is -2.46. The summed E-state index contributed by atoms with van der Waals surface area (Å²) in [5.74, 6) is 3.29. The number of aryl methyl sites for hydroxylation is 1. The summed E-state index contributed by atoms with van der Waals surface area (Å²) in [4.78, 5) is 12.9. The molecular weight excluding hydrogens is 625 g/mol. The molecule has 3 aliphatic rings. The van der Waals surface area contributed by atoms with Crippen molar-refractivity contribution in [1.82, 2.24) is 20.3 Å². The van der Waals surface area contributed by atoms with Crippen LogP contribution in [0.3, 0.4) is 0 Å². The zero-order valence-electron chi connectivity index (χ0n) is 28.2. The Balaban J connectivity index is 1.06. The van der Waals surface area contributed by atoms with Crippen LogP contribution in [0.4, 0.5) is 0 Å². The largest absolute Gasteiger partial charge is 0.317 e. The molecule has 7 N–H and O–H groups in total. The van der Waals surface area contributed by atoms with Crippen LogP contribution in [0.15, 0.2) is 58.7 Å². The van der Waals surface area contributed by atoms with Crippen molar-refractivity contribution >= 4 is 40.1 Å². The second kappa shape index (κ2) is 17.9. The van der Waals surface area contributed by atoms with E-state index >= 15 is 0 Å². The van der Waals surface area contributed by atoms with Gasteiger partial charge in [0.1, 0.15) is 0 Å². The third-order valence-corrected chi connectivity index (χ3v) is 13.7. The Bertz CT molecular complexity index is 1310. The molecule has 0 radical (unpaired) electrons. The Kier molecular flexibility index (Phi) is 13.8. The number of hydrogen-bond donors (Lipinski definition) is 5. The van der Waals surface area contributed by atoms with Crippen LogP contribution in [0.25, 0.3) is 0 Å². The van der Waals surface area contributed by atoms with E-state index in [0.717, 1.165) is 88.2 Å². The van der Waals surface area contributed by atoms with Gasteiger partial charge in [0.15, 0.2) is 5.17 Å². The fourth-order valence-electron chi connectivity index (χ4n) is 7.32. The molecule has 2 aliphatic heterocycles. The maximum absolute atomic E-state index is 12.9. The quantitative estimate of drug-likeness (QED) is 0.119. The number of rotatable bonds is 12. The molecule has 0 bridgehead atoms. The van der Waals surface area contributed by atoms with E-state index in [1.54, 1.807) is 11.8 Å². The molecule has 2 heterocycles. The summed E-state index contributed by atoms with van der Waals surface area (Å²) in [7, 11) is 0.219. The highest BCUT2D eigenvalue weighted by atomic mass is 32.3. The zero-order chi connectivity index (χ0) is 33.1. The maximum Gasteiger partial charge on any atom is 0.230 e. The summed E-state index contributed by atoms with van der Waals surface area (Å²) in [6, 6.07) is 18.0. The van der Waals surface area contributed by atoms with Gasteiger partial charge in [0.2, 0.25) is 5.91 Å². The number of amides is 1. The second-order valence-electron chi connectivity index (χ2n) is 13.6. The number of thioether (sulfide) groups is 1. The molecule has 47 heavy (non-hydrogen) atoms. The molecule has 1 saturated carbocycles. The summed E-state index contributed by atoms with van der Waals surface area (Å²) in [6.07, 6.45) is 10.4. The number of carbonyl (C=O) groups excluding carboxylic acids is 1. The Morgan fingerprint density at radius 2 is 1.49 bits per heavy atom. The molecule has 2 atom stereocenters. The van der Waals surface area contributed by atoms with Crippen LogP contribution < -0.4 is 26.2 Å². The lowest BCUT2D eigenvalue weighted by Gasteiger charge is -2.47. The van der Waals surface area contributed by atoms with Crippen LogP contribution in [0, 0.1) is 5.92 Å². The number of carbonyl (C=O) groups is 1. The topological polar surface area (TPSA) is 133 Å². The van der Waals surface area contributed by atoms with E-state index in [4.69, 9.17) is 10.3 Å². The van der Waals surface area contributed by atoms with Gasteiger partial charge in [0.25, 0.3) is 0 Å². The molecule has 0 spiro atoms. The lowest BCUT2D eigenvalue weighted by molar-refractivity contribution is -0.119. The van der Waals surface area contributed by atoms with Crippen LogP contribution >= 0.6 is 22.3 Å². The third kappa shape index (κ3) is 10.9. The Morgan fingerprint density at radius 3 is 2.06 bits per heavy atom. The minimum atomic E-state index is -1.90. The van der Waals surface area contributed by atoms with Crippen molar-refractivity contribution < 1.29 is 4.79 Å². The first-order chi connectivity index (χ1) is 22.8. The molecule has 1 unspecified atom stereocenters. The highest BCUT2D eigenvalue weighted by Gasteiger charge is 2.31. The number of nitrogens with two attached hydrogens (primary N) is 2. The zero-order valence-corrected chi connectivity index (χ0v) is 29.8. The molecule has 2 saturated heterocycles. The standard InChI is InChI=1S/C36H56N8OS2/c1-39-43-36(42-35(45)25-28-8-12-31(13-9-28)33-16-21-41-22-17-33)46-26-29-4-3-5-34(24-29)44(2)47(37,38)23-18-27-6-10-30(11-7-27)32-14-19-40-20-15-32/h6-13,29,32-34,40-41H,1,3-5,14-26,37-38H2,2H3,(H,42,43,45)/t29?,34-/m0/s1. The number of benzene rings is 2. The van der Waals surface area contributed by atoms with Gasteiger partial charge in [-0.05, 0) is 125 Å².